The van der Waals surface area contributed by atoms with Gasteiger partial charge in [0.15, 0.2) is 0 Å². The first-order valence-electron chi connectivity index (χ1n) is 11.0. The van der Waals surface area contributed by atoms with Crippen molar-refractivity contribution in [2.45, 2.75) is 18.4 Å². The van der Waals surface area contributed by atoms with E-state index in [1.54, 1.807) is 12.1 Å². The van der Waals surface area contributed by atoms with Crippen molar-refractivity contribution >= 4 is 45.2 Å². The number of hydrogen-bond acceptors (Lipinski definition) is 7. The molecule has 194 valence electrons. The van der Waals surface area contributed by atoms with E-state index in [0.29, 0.717) is 10.6 Å². The monoisotopic (exact) mass is 544 g/mol. The Hall–Kier alpha value is -3.73. The number of halogens is 1. The highest BCUT2D eigenvalue weighted by Gasteiger charge is 2.27. The second-order valence-corrected chi connectivity index (χ2v) is 10.4. The third kappa shape index (κ3) is 7.16. The summed E-state index contributed by atoms with van der Waals surface area (Å²) in [4.78, 5) is 37.1. The number of benzene rings is 3. The van der Waals surface area contributed by atoms with Crippen molar-refractivity contribution in [3.05, 3.63) is 94.0 Å². The Kier molecular flexibility index (Phi) is 9.04. The predicted octanol–water partition coefficient (Wildman–Crippen LogP) is 4.05. The molecule has 0 atom stereocenters. The lowest BCUT2D eigenvalue weighted by molar-refractivity contribution is -0.116. The average Bonchev–Trinajstić information content (AvgIpc) is 2.88. The maximum Gasteiger partial charge on any atom is 0.337 e. The summed E-state index contributed by atoms with van der Waals surface area (Å²) >= 11 is 5.91. The van der Waals surface area contributed by atoms with E-state index < -0.39 is 34.4 Å². The normalized spacial score (nSPS) is 11.2. The second-order valence-electron chi connectivity index (χ2n) is 8.04. The van der Waals surface area contributed by atoms with Crippen LogP contribution in [0, 0.1) is 6.92 Å². The van der Waals surface area contributed by atoms with Crippen LogP contribution in [-0.4, -0.2) is 51.3 Å². The number of nitrogens with zero attached hydrogens (tertiary/aromatic N) is 1. The van der Waals surface area contributed by atoms with Crippen molar-refractivity contribution in [3.8, 4) is 0 Å². The molecule has 0 saturated carbocycles. The quantitative estimate of drug-likeness (QED) is 0.403. The lowest BCUT2D eigenvalue weighted by Gasteiger charge is -2.22. The van der Waals surface area contributed by atoms with Crippen molar-refractivity contribution in [3.63, 3.8) is 0 Å². The first-order chi connectivity index (χ1) is 17.5. The zero-order valence-electron chi connectivity index (χ0n) is 20.4. The van der Waals surface area contributed by atoms with E-state index in [-0.39, 0.29) is 28.3 Å². The number of aryl methyl sites for hydroxylation is 1. The molecule has 0 unspecified atom stereocenters. The molecule has 37 heavy (non-hydrogen) atoms. The van der Waals surface area contributed by atoms with Crippen LogP contribution in [0.2, 0.25) is 5.02 Å². The summed E-state index contributed by atoms with van der Waals surface area (Å²) in [6.07, 6.45) is 0. The molecule has 0 aliphatic carbocycles. The number of nitrogens with one attached hydrogen (secondary N) is 1. The number of hydrogen-bond donors (Lipinski definition) is 1. The number of anilines is 1. The number of rotatable bonds is 9. The molecule has 0 spiro atoms. The number of carbonyl (C=O) groups excluding carboxylic acids is 3. The molecule has 0 aromatic heterocycles. The topological polar surface area (TPSA) is 119 Å². The fraction of sp³-hybridized carbons (Fsp3) is 0.192. The van der Waals surface area contributed by atoms with Crippen LogP contribution in [0.25, 0.3) is 0 Å². The van der Waals surface area contributed by atoms with Crippen molar-refractivity contribution in [2.75, 3.05) is 26.1 Å². The zero-order chi connectivity index (χ0) is 27.2. The van der Waals surface area contributed by atoms with Gasteiger partial charge in [-0.25, -0.2) is 18.0 Å². The third-order valence-electron chi connectivity index (χ3n) is 5.31. The van der Waals surface area contributed by atoms with E-state index in [0.717, 1.165) is 9.87 Å². The van der Waals surface area contributed by atoms with Gasteiger partial charge < -0.3 is 14.8 Å². The van der Waals surface area contributed by atoms with Crippen molar-refractivity contribution in [1.82, 2.24) is 4.31 Å². The summed E-state index contributed by atoms with van der Waals surface area (Å²) in [7, 11) is -1.75. The number of amides is 1. The van der Waals surface area contributed by atoms with Crippen LogP contribution in [0.15, 0.2) is 71.6 Å². The van der Waals surface area contributed by atoms with E-state index in [1.807, 2.05) is 19.1 Å². The summed E-state index contributed by atoms with van der Waals surface area (Å²) in [6.45, 7) is 1.29. The van der Waals surface area contributed by atoms with Crippen molar-refractivity contribution in [1.29, 1.82) is 0 Å². The molecular weight excluding hydrogens is 520 g/mol. The molecule has 11 heteroatoms. The smallest absolute Gasteiger partial charge is 0.337 e. The Balaban J connectivity index is 1.92. The maximum absolute atomic E-state index is 13.4. The molecule has 1 amide bonds. The van der Waals surface area contributed by atoms with Crippen LogP contribution in [-0.2, 0) is 30.8 Å². The number of methoxy groups -OCH3 is 2. The first kappa shape index (κ1) is 27.9. The van der Waals surface area contributed by atoms with E-state index in [9.17, 15) is 22.8 Å². The lowest BCUT2D eigenvalue weighted by Crippen LogP contribution is -2.37. The van der Waals surface area contributed by atoms with Gasteiger partial charge in [0.25, 0.3) is 0 Å². The molecule has 0 radical (unpaired) electrons. The van der Waals surface area contributed by atoms with Gasteiger partial charge in [-0.05, 0) is 55.0 Å². The minimum Gasteiger partial charge on any atom is -0.465 e. The molecule has 1 N–H and O–H groups in total. The van der Waals surface area contributed by atoms with Gasteiger partial charge in [0.05, 0.1) is 36.8 Å². The van der Waals surface area contributed by atoms with Crippen LogP contribution < -0.4 is 5.32 Å². The van der Waals surface area contributed by atoms with Crippen LogP contribution >= 0.6 is 11.6 Å². The lowest BCUT2D eigenvalue weighted by atomic mass is 10.1. The van der Waals surface area contributed by atoms with Crippen LogP contribution in [0.1, 0.15) is 31.8 Å². The van der Waals surface area contributed by atoms with Gasteiger partial charge in [-0.15, -0.1) is 0 Å². The molecule has 0 saturated heterocycles. The van der Waals surface area contributed by atoms with E-state index in [4.69, 9.17) is 21.1 Å². The second kappa shape index (κ2) is 12.0. The van der Waals surface area contributed by atoms with Gasteiger partial charge in [-0.1, -0.05) is 41.4 Å². The fourth-order valence-corrected chi connectivity index (χ4v) is 4.92. The zero-order valence-corrected chi connectivity index (χ0v) is 21.9. The molecule has 0 fully saturated rings. The molecule has 0 aliphatic heterocycles. The standard InChI is InChI=1S/C26H25ClN2O7S/c1-17-4-6-18(7-5-17)15-29(37(33,34)23-10-8-21(27)9-11-23)16-24(30)28-22-13-19(25(31)35-2)12-20(14-22)26(32)36-3/h4-14H,15-16H2,1-3H3,(H,28,30). The van der Waals surface area contributed by atoms with Crippen molar-refractivity contribution in [2.24, 2.45) is 0 Å². The summed E-state index contributed by atoms with van der Waals surface area (Å²) in [5.74, 6) is -2.15. The highest BCUT2D eigenvalue weighted by molar-refractivity contribution is 7.89. The molecule has 0 aliphatic rings. The molecule has 3 aromatic carbocycles. The van der Waals surface area contributed by atoms with Gasteiger partial charge in [0.2, 0.25) is 15.9 Å². The van der Waals surface area contributed by atoms with Crippen LogP contribution in [0.5, 0.6) is 0 Å². The van der Waals surface area contributed by atoms with E-state index in [1.165, 1.54) is 56.7 Å². The summed E-state index contributed by atoms with van der Waals surface area (Å²) in [5, 5.41) is 2.93. The molecular formula is C26H25ClN2O7S. The van der Waals surface area contributed by atoms with Gasteiger partial charge >= 0.3 is 11.9 Å². The summed E-state index contributed by atoms with van der Waals surface area (Å²) < 4.78 is 37.3. The number of sulfonamides is 1. The first-order valence-corrected chi connectivity index (χ1v) is 12.8. The Morgan fingerprint density at radius 2 is 1.41 bits per heavy atom. The third-order valence-corrected chi connectivity index (χ3v) is 7.37. The van der Waals surface area contributed by atoms with Gasteiger partial charge in [-0.2, -0.15) is 4.31 Å². The van der Waals surface area contributed by atoms with Gasteiger partial charge in [-0.3, -0.25) is 4.79 Å². The molecule has 9 nitrogen and oxygen atoms in total. The Labute approximate surface area is 220 Å². The molecule has 0 bridgehead atoms. The Morgan fingerprint density at radius 1 is 0.865 bits per heavy atom. The largest absolute Gasteiger partial charge is 0.465 e. The Bertz CT molecular complexity index is 1370. The SMILES string of the molecule is COC(=O)c1cc(NC(=O)CN(Cc2ccc(C)cc2)S(=O)(=O)c2ccc(Cl)cc2)cc(C(=O)OC)c1. The minimum absolute atomic E-state index is 0.00555. The number of esters is 2. The summed E-state index contributed by atoms with van der Waals surface area (Å²) in [6, 6.07) is 16.8. The number of carbonyl (C=O) groups is 3. The predicted molar refractivity (Wildman–Crippen MR) is 138 cm³/mol. The maximum atomic E-state index is 13.4. The van der Waals surface area contributed by atoms with Gasteiger partial charge in [0.1, 0.15) is 0 Å². The van der Waals surface area contributed by atoms with E-state index in [2.05, 4.69) is 5.32 Å². The molecule has 0 heterocycles. The van der Waals surface area contributed by atoms with E-state index >= 15 is 0 Å². The molecule has 3 aromatic rings. The molecule has 3 rings (SSSR count). The highest BCUT2D eigenvalue weighted by atomic mass is 35.5. The van der Waals surface area contributed by atoms with Crippen LogP contribution in [0.3, 0.4) is 0 Å². The van der Waals surface area contributed by atoms with Gasteiger partial charge in [0, 0.05) is 17.3 Å². The van der Waals surface area contributed by atoms with Crippen LogP contribution in [0.4, 0.5) is 5.69 Å². The number of ether oxygens (including phenoxy) is 2. The summed E-state index contributed by atoms with van der Waals surface area (Å²) in [5.41, 5.74) is 1.78. The highest BCUT2D eigenvalue weighted by Crippen LogP contribution is 2.22. The van der Waals surface area contributed by atoms with Crippen molar-refractivity contribution < 1.29 is 32.3 Å². The average molecular weight is 545 g/mol. The minimum atomic E-state index is -4.10. The fourth-order valence-electron chi connectivity index (χ4n) is 3.41. The Morgan fingerprint density at radius 3 is 1.92 bits per heavy atom.